The second-order valence-corrected chi connectivity index (χ2v) is 11.0. The van der Waals surface area contributed by atoms with E-state index in [0.29, 0.717) is 23.2 Å². The maximum atomic E-state index is 14.3. The van der Waals surface area contributed by atoms with Crippen LogP contribution in [0.15, 0.2) is 54.9 Å². The van der Waals surface area contributed by atoms with Crippen molar-refractivity contribution in [3.05, 3.63) is 76.7 Å². The quantitative estimate of drug-likeness (QED) is 0.324. The molecule has 3 aliphatic rings. The van der Waals surface area contributed by atoms with Crippen LogP contribution in [0.4, 0.5) is 24.5 Å². The highest BCUT2D eigenvalue weighted by Crippen LogP contribution is 2.39. The summed E-state index contributed by atoms with van der Waals surface area (Å²) in [6.07, 6.45) is 0.955. The average Bonchev–Trinajstić information content (AvgIpc) is 3.69. The molecule has 1 amide bonds. The largest absolute Gasteiger partial charge is 0.434 e. The summed E-state index contributed by atoms with van der Waals surface area (Å²) >= 11 is 5.92. The average molecular weight is 567 g/mol. The Balaban J connectivity index is 1.27. The summed E-state index contributed by atoms with van der Waals surface area (Å²) in [7, 11) is 0. The van der Waals surface area contributed by atoms with Gasteiger partial charge in [-0.1, -0.05) is 11.6 Å². The molecule has 2 fully saturated rings. The van der Waals surface area contributed by atoms with Crippen LogP contribution in [-0.2, 0) is 12.6 Å². The van der Waals surface area contributed by atoms with Crippen molar-refractivity contribution in [1.82, 2.24) is 19.7 Å². The first-order valence-corrected chi connectivity index (χ1v) is 13.8. The molecule has 0 saturated carbocycles. The van der Waals surface area contributed by atoms with Crippen molar-refractivity contribution in [3.63, 3.8) is 0 Å². The zero-order chi connectivity index (χ0) is 27.6. The molecular weight excluding hydrogens is 541 g/mol. The number of pyridine rings is 1. The molecule has 2 aromatic heterocycles. The van der Waals surface area contributed by atoms with Gasteiger partial charge in [-0.15, -0.1) is 0 Å². The number of benzene rings is 2. The van der Waals surface area contributed by atoms with Gasteiger partial charge in [0.1, 0.15) is 0 Å². The Hall–Kier alpha value is -3.63. The van der Waals surface area contributed by atoms with Gasteiger partial charge in [0.25, 0.3) is 5.91 Å². The molecule has 0 N–H and O–H groups in total. The summed E-state index contributed by atoms with van der Waals surface area (Å²) in [5.41, 5.74) is 1.96. The van der Waals surface area contributed by atoms with Gasteiger partial charge in [0, 0.05) is 60.2 Å². The van der Waals surface area contributed by atoms with E-state index < -0.39 is 23.3 Å². The van der Waals surface area contributed by atoms with Gasteiger partial charge in [0.15, 0.2) is 5.69 Å². The molecule has 7 nitrogen and oxygen atoms in total. The number of nitrogens with zero attached hydrogens (tertiary/aromatic N) is 6. The number of hydrogen-bond acceptors (Lipinski definition) is 5. The van der Waals surface area contributed by atoms with Gasteiger partial charge in [0.2, 0.25) is 0 Å². The predicted octanol–water partition coefficient (Wildman–Crippen LogP) is 5.58. The van der Waals surface area contributed by atoms with E-state index in [2.05, 4.69) is 19.9 Å². The minimum absolute atomic E-state index is 0.168. The van der Waals surface area contributed by atoms with E-state index in [1.807, 2.05) is 24.4 Å². The lowest BCUT2D eigenvalue weighted by Crippen LogP contribution is -2.50. The molecule has 1 atom stereocenters. The number of carbonyl (C=O) groups excluding carboxylic acids is 1. The van der Waals surface area contributed by atoms with Crippen molar-refractivity contribution < 1.29 is 18.0 Å². The zero-order valence-electron chi connectivity index (χ0n) is 21.5. The molecule has 40 heavy (non-hydrogen) atoms. The first-order chi connectivity index (χ1) is 19.3. The molecule has 0 bridgehead atoms. The number of carbonyl (C=O) groups is 1. The van der Waals surface area contributed by atoms with Crippen LogP contribution in [0.1, 0.15) is 34.5 Å². The molecule has 11 heteroatoms. The van der Waals surface area contributed by atoms with Gasteiger partial charge in [-0.25, -0.2) is 4.68 Å². The van der Waals surface area contributed by atoms with Crippen molar-refractivity contribution >= 4 is 39.8 Å². The topological polar surface area (TPSA) is 57.5 Å². The van der Waals surface area contributed by atoms with Gasteiger partial charge in [-0.3, -0.25) is 14.7 Å². The molecule has 1 unspecified atom stereocenters. The van der Waals surface area contributed by atoms with Crippen molar-refractivity contribution in [2.24, 2.45) is 0 Å². The molecule has 0 radical (unpaired) electrons. The molecular formula is C29H26ClF3N6O. The highest BCUT2D eigenvalue weighted by Gasteiger charge is 2.42. The number of anilines is 2. The maximum absolute atomic E-state index is 14.3. The third-order valence-corrected chi connectivity index (χ3v) is 8.58. The molecule has 7 rings (SSSR count). The third-order valence-electron chi connectivity index (χ3n) is 8.33. The van der Waals surface area contributed by atoms with E-state index in [1.165, 1.54) is 42.0 Å². The number of piperazine rings is 1. The van der Waals surface area contributed by atoms with E-state index in [0.717, 1.165) is 59.2 Å². The second-order valence-electron chi connectivity index (χ2n) is 10.6. The van der Waals surface area contributed by atoms with Crippen LogP contribution in [0, 0.1) is 0 Å². The zero-order valence-corrected chi connectivity index (χ0v) is 22.3. The van der Waals surface area contributed by atoms with Crippen LogP contribution in [0.5, 0.6) is 0 Å². The van der Waals surface area contributed by atoms with Crippen molar-refractivity contribution in [1.29, 1.82) is 0 Å². The number of rotatable bonds is 3. The van der Waals surface area contributed by atoms with Crippen LogP contribution in [0.25, 0.3) is 16.6 Å². The number of alkyl halides is 3. The Morgan fingerprint density at radius 3 is 2.62 bits per heavy atom. The van der Waals surface area contributed by atoms with Gasteiger partial charge in [-0.05, 0) is 73.8 Å². The SMILES string of the molecule is O=C(c1cnn(-c2ccc(Cl)cc2)c1C(F)(F)F)N1CCc2cc3nccc(N4CCN5CCCC5C4)c3cc21. The highest BCUT2D eigenvalue weighted by molar-refractivity contribution is 6.30. The summed E-state index contributed by atoms with van der Waals surface area (Å²) in [4.78, 5) is 24.7. The number of halogens is 4. The fourth-order valence-corrected chi connectivity index (χ4v) is 6.54. The summed E-state index contributed by atoms with van der Waals surface area (Å²) in [6, 6.07) is 12.3. The lowest BCUT2D eigenvalue weighted by molar-refractivity contribution is -0.143. The molecule has 0 aliphatic carbocycles. The Kier molecular flexibility index (Phi) is 6.01. The Bertz CT molecular complexity index is 1620. The first-order valence-electron chi connectivity index (χ1n) is 13.4. The predicted molar refractivity (Wildman–Crippen MR) is 148 cm³/mol. The van der Waals surface area contributed by atoms with Gasteiger partial charge in [0.05, 0.1) is 23.0 Å². The van der Waals surface area contributed by atoms with E-state index in [-0.39, 0.29) is 12.2 Å². The van der Waals surface area contributed by atoms with Crippen LogP contribution >= 0.6 is 11.6 Å². The third kappa shape index (κ3) is 4.21. The van der Waals surface area contributed by atoms with Crippen LogP contribution in [0.3, 0.4) is 0 Å². The van der Waals surface area contributed by atoms with Gasteiger partial charge < -0.3 is 9.80 Å². The lowest BCUT2D eigenvalue weighted by Gasteiger charge is -2.39. The summed E-state index contributed by atoms with van der Waals surface area (Å²) < 4.78 is 43.8. The maximum Gasteiger partial charge on any atom is 0.434 e. The van der Waals surface area contributed by atoms with Gasteiger partial charge >= 0.3 is 6.18 Å². The Labute approximate surface area is 233 Å². The van der Waals surface area contributed by atoms with Crippen LogP contribution in [-0.4, -0.2) is 64.3 Å². The molecule has 2 saturated heterocycles. The number of aromatic nitrogens is 3. The normalized spacial score (nSPS) is 19.4. The van der Waals surface area contributed by atoms with E-state index in [1.54, 1.807) is 0 Å². The second kappa shape index (κ2) is 9.49. The summed E-state index contributed by atoms with van der Waals surface area (Å²) in [5, 5.41) is 5.26. The highest BCUT2D eigenvalue weighted by atomic mass is 35.5. The number of amides is 1. The van der Waals surface area contributed by atoms with Crippen molar-refractivity contribution in [2.75, 3.05) is 42.5 Å². The fourth-order valence-electron chi connectivity index (χ4n) is 6.41. The molecule has 206 valence electrons. The molecule has 0 spiro atoms. The van der Waals surface area contributed by atoms with Crippen molar-refractivity contribution in [3.8, 4) is 5.69 Å². The van der Waals surface area contributed by atoms with Crippen LogP contribution < -0.4 is 9.80 Å². The standard InChI is InChI=1S/C29H26ClF3N6O/c30-19-3-5-20(6-4-19)39-27(29(31,32)33)23(16-35-39)28(40)38-11-8-18-14-24-22(15-26(18)38)25(7-9-34-24)37-13-12-36-10-1-2-21(36)17-37/h3-7,9,14-16,21H,1-2,8,10-13,17H2. The minimum atomic E-state index is -4.80. The van der Waals surface area contributed by atoms with Crippen molar-refractivity contribution in [2.45, 2.75) is 31.5 Å². The lowest BCUT2D eigenvalue weighted by atomic mass is 10.1. The summed E-state index contributed by atoms with van der Waals surface area (Å²) in [5.74, 6) is -0.726. The van der Waals surface area contributed by atoms with E-state index in [4.69, 9.17) is 11.6 Å². The minimum Gasteiger partial charge on any atom is -0.368 e. The Morgan fingerprint density at radius 2 is 1.82 bits per heavy atom. The van der Waals surface area contributed by atoms with E-state index in [9.17, 15) is 18.0 Å². The van der Waals surface area contributed by atoms with Crippen LogP contribution in [0.2, 0.25) is 5.02 Å². The smallest absolute Gasteiger partial charge is 0.368 e. The first kappa shape index (κ1) is 25.3. The molecule has 3 aliphatic heterocycles. The monoisotopic (exact) mass is 566 g/mol. The molecule has 5 heterocycles. The molecule has 4 aromatic rings. The van der Waals surface area contributed by atoms with E-state index >= 15 is 0 Å². The number of hydrogen-bond donors (Lipinski definition) is 0. The Morgan fingerprint density at radius 1 is 1.00 bits per heavy atom. The molecule has 2 aromatic carbocycles. The fraction of sp³-hybridized carbons (Fsp3) is 0.345. The summed E-state index contributed by atoms with van der Waals surface area (Å²) in [6.45, 7) is 4.26. The number of fused-ring (bicyclic) bond motifs is 3. The van der Waals surface area contributed by atoms with Gasteiger partial charge in [-0.2, -0.15) is 18.3 Å².